The Morgan fingerprint density at radius 2 is 1.80 bits per heavy atom. The molecule has 0 fully saturated rings. The van der Waals surface area contributed by atoms with Crippen molar-refractivity contribution in [3.8, 4) is 0 Å². The molecule has 0 bridgehead atoms. The molecular formula is C17H31N3. The molecule has 3 nitrogen and oxygen atoms in total. The molecule has 0 aliphatic heterocycles. The largest absolute Gasteiger partial charge is 0.357 e. The minimum atomic E-state index is 0.487. The zero-order valence-electron chi connectivity index (χ0n) is 14.2. The van der Waals surface area contributed by atoms with E-state index < -0.39 is 0 Å². The molecule has 0 saturated heterocycles. The first-order chi connectivity index (χ1) is 9.31. The Morgan fingerprint density at radius 1 is 1.15 bits per heavy atom. The summed E-state index contributed by atoms with van der Waals surface area (Å²) in [6.45, 7) is 15.3. The predicted molar refractivity (Wildman–Crippen MR) is 88.2 cm³/mol. The van der Waals surface area contributed by atoms with Gasteiger partial charge in [0.1, 0.15) is 5.82 Å². The molecule has 1 unspecified atom stereocenters. The second-order valence-corrected chi connectivity index (χ2v) is 6.60. The Bertz CT molecular complexity index is 413. The van der Waals surface area contributed by atoms with Gasteiger partial charge in [0.25, 0.3) is 0 Å². The van der Waals surface area contributed by atoms with Crippen LogP contribution in [-0.2, 0) is 6.54 Å². The van der Waals surface area contributed by atoms with Crippen molar-refractivity contribution in [2.75, 3.05) is 18.5 Å². The number of hydrogen-bond donors (Lipinski definition) is 1. The van der Waals surface area contributed by atoms with Gasteiger partial charge in [-0.25, -0.2) is 4.98 Å². The summed E-state index contributed by atoms with van der Waals surface area (Å²) in [5.41, 5.74) is 2.41. The van der Waals surface area contributed by atoms with Crippen LogP contribution < -0.4 is 10.2 Å². The van der Waals surface area contributed by atoms with Crippen molar-refractivity contribution in [1.82, 2.24) is 10.3 Å². The maximum Gasteiger partial charge on any atom is 0.129 e. The van der Waals surface area contributed by atoms with E-state index in [-0.39, 0.29) is 0 Å². The lowest BCUT2D eigenvalue weighted by atomic mass is 10.1. The van der Waals surface area contributed by atoms with E-state index in [9.17, 15) is 0 Å². The second-order valence-electron chi connectivity index (χ2n) is 6.60. The van der Waals surface area contributed by atoms with Gasteiger partial charge in [-0.1, -0.05) is 27.7 Å². The lowest BCUT2D eigenvalue weighted by Gasteiger charge is -2.29. The van der Waals surface area contributed by atoms with E-state index in [2.05, 4.69) is 75.9 Å². The molecule has 1 rings (SSSR count). The summed E-state index contributed by atoms with van der Waals surface area (Å²) in [6, 6.07) is 4.87. The molecule has 1 aromatic rings. The summed E-state index contributed by atoms with van der Waals surface area (Å²) in [5, 5.41) is 3.50. The molecule has 0 saturated carbocycles. The quantitative estimate of drug-likeness (QED) is 0.825. The number of hydrogen-bond acceptors (Lipinski definition) is 3. The molecule has 0 aromatic carbocycles. The van der Waals surface area contributed by atoms with E-state index in [4.69, 9.17) is 0 Å². The molecule has 20 heavy (non-hydrogen) atoms. The van der Waals surface area contributed by atoms with Gasteiger partial charge in [-0.15, -0.1) is 0 Å². The van der Waals surface area contributed by atoms with Crippen LogP contribution in [0.3, 0.4) is 0 Å². The highest BCUT2D eigenvalue weighted by atomic mass is 15.2. The van der Waals surface area contributed by atoms with Gasteiger partial charge in [0.15, 0.2) is 0 Å². The summed E-state index contributed by atoms with van der Waals surface area (Å²) < 4.78 is 0. The Balaban J connectivity index is 2.80. The van der Waals surface area contributed by atoms with Crippen LogP contribution in [0, 0.1) is 18.8 Å². The van der Waals surface area contributed by atoms with Gasteiger partial charge >= 0.3 is 0 Å². The van der Waals surface area contributed by atoms with Crippen LogP contribution in [0.1, 0.15) is 45.9 Å². The maximum absolute atomic E-state index is 4.68. The highest BCUT2D eigenvalue weighted by Crippen LogP contribution is 2.19. The minimum absolute atomic E-state index is 0.487. The molecule has 0 radical (unpaired) electrons. The maximum atomic E-state index is 4.68. The Morgan fingerprint density at radius 3 is 2.35 bits per heavy atom. The number of aryl methyl sites for hydroxylation is 1. The van der Waals surface area contributed by atoms with Gasteiger partial charge in [-0.05, 0) is 49.9 Å². The SMILES string of the molecule is Cc1cc(CNCC(C)C)cc(N(C)C(C)C(C)C)n1. The van der Waals surface area contributed by atoms with Gasteiger partial charge in [-0.2, -0.15) is 0 Å². The lowest BCUT2D eigenvalue weighted by molar-refractivity contribution is 0.502. The minimum Gasteiger partial charge on any atom is -0.357 e. The monoisotopic (exact) mass is 277 g/mol. The van der Waals surface area contributed by atoms with Gasteiger partial charge in [0.05, 0.1) is 0 Å². The van der Waals surface area contributed by atoms with Crippen LogP contribution in [0.15, 0.2) is 12.1 Å². The lowest BCUT2D eigenvalue weighted by Crippen LogP contribution is -2.34. The fraction of sp³-hybridized carbons (Fsp3) is 0.706. The van der Waals surface area contributed by atoms with E-state index in [1.165, 1.54) is 5.56 Å². The second kappa shape index (κ2) is 7.63. The van der Waals surface area contributed by atoms with Crippen molar-refractivity contribution in [2.45, 2.75) is 54.1 Å². The van der Waals surface area contributed by atoms with Crippen LogP contribution in [0.25, 0.3) is 0 Å². The molecule has 0 aliphatic carbocycles. The summed E-state index contributed by atoms with van der Waals surface area (Å²) >= 11 is 0. The molecule has 1 heterocycles. The molecular weight excluding hydrogens is 246 g/mol. The van der Waals surface area contributed by atoms with Crippen molar-refractivity contribution in [3.05, 3.63) is 23.4 Å². The Kier molecular flexibility index (Phi) is 6.47. The van der Waals surface area contributed by atoms with Crippen molar-refractivity contribution in [2.24, 2.45) is 11.8 Å². The van der Waals surface area contributed by atoms with Gasteiger partial charge in [0, 0.05) is 25.3 Å². The van der Waals surface area contributed by atoms with Gasteiger partial charge < -0.3 is 10.2 Å². The third-order valence-corrected chi connectivity index (χ3v) is 3.82. The third-order valence-electron chi connectivity index (χ3n) is 3.82. The van der Waals surface area contributed by atoms with Crippen LogP contribution in [0.4, 0.5) is 5.82 Å². The molecule has 3 heteroatoms. The predicted octanol–water partition coefficient (Wildman–Crippen LogP) is 3.62. The Hall–Kier alpha value is -1.09. The average molecular weight is 277 g/mol. The van der Waals surface area contributed by atoms with Gasteiger partial charge in [-0.3, -0.25) is 0 Å². The molecule has 1 aromatic heterocycles. The number of nitrogens with zero attached hydrogens (tertiary/aromatic N) is 2. The first kappa shape index (κ1) is 17.0. The Labute approximate surface area is 124 Å². The van der Waals surface area contributed by atoms with Crippen molar-refractivity contribution in [3.63, 3.8) is 0 Å². The fourth-order valence-electron chi connectivity index (χ4n) is 2.16. The number of anilines is 1. The molecule has 114 valence electrons. The molecule has 0 spiro atoms. The van der Waals surface area contributed by atoms with Crippen molar-refractivity contribution in [1.29, 1.82) is 0 Å². The summed E-state index contributed by atoms with van der Waals surface area (Å²) in [6.07, 6.45) is 0. The zero-order chi connectivity index (χ0) is 15.3. The first-order valence-electron chi connectivity index (χ1n) is 7.72. The van der Waals surface area contributed by atoms with Crippen molar-refractivity contribution < 1.29 is 0 Å². The highest BCUT2D eigenvalue weighted by molar-refractivity contribution is 5.43. The van der Waals surface area contributed by atoms with Gasteiger partial charge in [0.2, 0.25) is 0 Å². The first-order valence-corrected chi connectivity index (χ1v) is 7.72. The van der Waals surface area contributed by atoms with E-state index >= 15 is 0 Å². The highest BCUT2D eigenvalue weighted by Gasteiger charge is 2.15. The van der Waals surface area contributed by atoms with Crippen LogP contribution in [0.2, 0.25) is 0 Å². The van der Waals surface area contributed by atoms with E-state index in [0.29, 0.717) is 17.9 Å². The topological polar surface area (TPSA) is 28.2 Å². The normalized spacial score (nSPS) is 13.1. The zero-order valence-corrected chi connectivity index (χ0v) is 14.2. The van der Waals surface area contributed by atoms with E-state index in [1.807, 2.05) is 0 Å². The van der Waals surface area contributed by atoms with Crippen LogP contribution >= 0.6 is 0 Å². The smallest absolute Gasteiger partial charge is 0.129 e. The molecule has 0 aliphatic rings. The molecule has 0 amide bonds. The summed E-state index contributed by atoms with van der Waals surface area (Å²) in [4.78, 5) is 6.96. The summed E-state index contributed by atoms with van der Waals surface area (Å²) in [5.74, 6) is 2.37. The number of nitrogens with one attached hydrogen (secondary N) is 1. The standard InChI is InChI=1S/C17H31N3/c1-12(2)10-18-11-16-8-14(5)19-17(9-16)20(7)15(6)13(3)4/h8-9,12-13,15,18H,10-11H2,1-7H3. The fourth-order valence-corrected chi connectivity index (χ4v) is 2.16. The average Bonchev–Trinajstić information content (AvgIpc) is 2.35. The molecule has 1 N–H and O–H groups in total. The number of pyridine rings is 1. The van der Waals surface area contributed by atoms with Crippen LogP contribution in [0.5, 0.6) is 0 Å². The summed E-state index contributed by atoms with van der Waals surface area (Å²) in [7, 11) is 2.14. The third kappa shape index (κ3) is 5.12. The molecule has 1 atom stereocenters. The number of rotatable bonds is 7. The number of aromatic nitrogens is 1. The van der Waals surface area contributed by atoms with Crippen LogP contribution in [-0.4, -0.2) is 24.6 Å². The van der Waals surface area contributed by atoms with Crippen molar-refractivity contribution >= 4 is 5.82 Å². The van der Waals surface area contributed by atoms with E-state index in [0.717, 1.165) is 24.6 Å². The van der Waals surface area contributed by atoms with E-state index in [1.54, 1.807) is 0 Å².